The van der Waals surface area contributed by atoms with Gasteiger partial charge in [0.15, 0.2) is 0 Å². The fourth-order valence-electron chi connectivity index (χ4n) is 3.92. The molecule has 0 aromatic carbocycles. The van der Waals surface area contributed by atoms with Crippen LogP contribution in [0.3, 0.4) is 0 Å². The van der Waals surface area contributed by atoms with Gasteiger partial charge in [-0.25, -0.2) is 0 Å². The molecule has 0 spiro atoms. The van der Waals surface area contributed by atoms with Crippen LogP contribution in [0.25, 0.3) is 0 Å². The molecule has 5 atom stereocenters. The third kappa shape index (κ3) is 4.39. The molecule has 0 bridgehead atoms. The van der Waals surface area contributed by atoms with Crippen molar-refractivity contribution in [3.05, 3.63) is 0 Å². The second kappa shape index (κ2) is 7.15. The minimum Gasteiger partial charge on any atom is -0.372 e. The van der Waals surface area contributed by atoms with Crippen molar-refractivity contribution in [1.82, 2.24) is 0 Å². The molecule has 136 valence electrons. The Morgan fingerprint density at radius 1 is 1.17 bits per heavy atom. The van der Waals surface area contributed by atoms with Crippen molar-refractivity contribution in [2.24, 2.45) is 11.3 Å². The van der Waals surface area contributed by atoms with E-state index >= 15 is 0 Å². The van der Waals surface area contributed by atoms with Gasteiger partial charge in [0.05, 0.1) is 30.5 Å². The summed E-state index contributed by atoms with van der Waals surface area (Å²) in [6, 6.07) is 0. The molecule has 23 heavy (non-hydrogen) atoms. The maximum atomic E-state index is 13.1. The van der Waals surface area contributed by atoms with Crippen LogP contribution in [0.4, 0.5) is 0 Å². The van der Waals surface area contributed by atoms with Crippen LogP contribution in [0, 0.1) is 11.3 Å². The Bertz CT molecular complexity index is 446. The van der Waals surface area contributed by atoms with Crippen LogP contribution in [0.5, 0.6) is 0 Å². The van der Waals surface area contributed by atoms with Gasteiger partial charge < -0.3 is 14.0 Å². The number of ether oxygens (including phenoxy) is 2. The lowest BCUT2D eigenvalue weighted by molar-refractivity contribution is -0.0790. The van der Waals surface area contributed by atoms with E-state index in [2.05, 4.69) is 34.6 Å². The Morgan fingerprint density at radius 3 is 2.39 bits per heavy atom. The van der Waals surface area contributed by atoms with Gasteiger partial charge in [0, 0.05) is 17.7 Å². The van der Waals surface area contributed by atoms with E-state index in [1.807, 2.05) is 13.8 Å². The molecule has 2 aliphatic heterocycles. The second-order valence-electron chi connectivity index (χ2n) is 8.45. The highest BCUT2D eigenvalue weighted by Crippen LogP contribution is 2.56. The van der Waals surface area contributed by atoms with Crippen LogP contribution in [-0.2, 0) is 18.6 Å². The predicted molar refractivity (Wildman–Crippen MR) is 94.4 cm³/mol. The van der Waals surface area contributed by atoms with E-state index in [1.54, 1.807) is 0 Å². The zero-order valence-corrected chi connectivity index (χ0v) is 16.8. The lowest BCUT2D eigenvalue weighted by atomic mass is 9.79. The van der Waals surface area contributed by atoms with Crippen molar-refractivity contribution in [3.8, 4) is 0 Å². The minimum atomic E-state index is -2.54. The topological polar surface area (TPSA) is 44.8 Å². The van der Waals surface area contributed by atoms with Gasteiger partial charge in [-0.3, -0.25) is 4.57 Å². The molecule has 3 unspecified atom stereocenters. The first-order valence-corrected chi connectivity index (χ1v) is 11.1. The molecule has 2 rings (SSSR count). The molecule has 0 saturated carbocycles. The molecule has 0 radical (unpaired) electrons. The summed E-state index contributed by atoms with van der Waals surface area (Å²) >= 11 is 0. The Hall–Kier alpha value is 0.110. The predicted octanol–water partition coefficient (Wildman–Crippen LogP) is 4.71. The van der Waals surface area contributed by atoms with Gasteiger partial charge in [-0.2, -0.15) is 0 Å². The van der Waals surface area contributed by atoms with Gasteiger partial charge in [-0.05, 0) is 53.4 Å². The molecule has 0 aromatic heterocycles. The van der Waals surface area contributed by atoms with Gasteiger partial charge in [0.25, 0.3) is 0 Å². The summed E-state index contributed by atoms with van der Waals surface area (Å²) < 4.78 is 31.5. The summed E-state index contributed by atoms with van der Waals surface area (Å²) in [5.41, 5.74) is -0.0325. The van der Waals surface area contributed by atoms with Crippen molar-refractivity contribution in [2.75, 3.05) is 12.3 Å². The van der Waals surface area contributed by atoms with Crippen LogP contribution in [0.15, 0.2) is 0 Å². The van der Waals surface area contributed by atoms with Crippen LogP contribution < -0.4 is 0 Å². The summed E-state index contributed by atoms with van der Waals surface area (Å²) in [7, 11) is -2.54. The molecule has 0 aromatic rings. The summed E-state index contributed by atoms with van der Waals surface area (Å²) in [5.74, 6) is 0.265. The summed E-state index contributed by atoms with van der Waals surface area (Å²) in [4.78, 5) is 0. The smallest absolute Gasteiger partial charge is 0.203 e. The Labute approximate surface area is 142 Å². The van der Waals surface area contributed by atoms with Gasteiger partial charge in [-0.15, -0.1) is 0 Å². The van der Waals surface area contributed by atoms with E-state index < -0.39 is 7.37 Å². The fourth-order valence-corrected chi connectivity index (χ4v) is 6.84. The van der Waals surface area contributed by atoms with Crippen LogP contribution >= 0.6 is 7.37 Å². The van der Waals surface area contributed by atoms with Crippen molar-refractivity contribution >= 4 is 7.37 Å². The molecule has 4 nitrogen and oxygen atoms in total. The quantitative estimate of drug-likeness (QED) is 0.677. The lowest BCUT2D eigenvalue weighted by Gasteiger charge is -2.37. The third-order valence-corrected chi connectivity index (χ3v) is 8.14. The zero-order valence-electron chi connectivity index (χ0n) is 15.9. The highest BCUT2D eigenvalue weighted by molar-refractivity contribution is 7.59. The number of hydrogen-bond donors (Lipinski definition) is 0. The third-order valence-electron chi connectivity index (χ3n) is 5.31. The van der Waals surface area contributed by atoms with Gasteiger partial charge in [-0.1, -0.05) is 13.8 Å². The second-order valence-corrected chi connectivity index (χ2v) is 11.1. The van der Waals surface area contributed by atoms with E-state index in [-0.39, 0.29) is 41.9 Å². The van der Waals surface area contributed by atoms with Gasteiger partial charge in [0.1, 0.15) is 0 Å². The van der Waals surface area contributed by atoms with E-state index in [1.165, 1.54) is 0 Å². The highest BCUT2D eigenvalue weighted by Gasteiger charge is 2.53. The van der Waals surface area contributed by atoms with E-state index in [4.69, 9.17) is 14.0 Å². The number of hydrogen-bond acceptors (Lipinski definition) is 4. The van der Waals surface area contributed by atoms with Crippen LogP contribution in [0.2, 0.25) is 0 Å². The Balaban J connectivity index is 2.16. The van der Waals surface area contributed by atoms with Crippen molar-refractivity contribution < 1.29 is 18.6 Å². The molecule has 2 heterocycles. The first-order chi connectivity index (χ1) is 10.5. The average Bonchev–Trinajstić information content (AvgIpc) is 2.60. The molecule has 2 aliphatic rings. The maximum Gasteiger partial charge on any atom is 0.203 e. The van der Waals surface area contributed by atoms with Crippen molar-refractivity contribution in [3.63, 3.8) is 0 Å². The largest absolute Gasteiger partial charge is 0.372 e. The summed E-state index contributed by atoms with van der Waals surface area (Å²) in [6.45, 7) is 14.6. The number of rotatable bonds is 5. The molecule has 2 saturated heterocycles. The summed E-state index contributed by atoms with van der Waals surface area (Å²) in [6.07, 6.45) is 3.75. The SMILES string of the molecule is CC(C)O[C@@H]1C(C2CCCP(=O)(OC(C)C)C2)O[C@@H](C)C1(C)C. The Kier molecular flexibility index (Phi) is 6.05. The van der Waals surface area contributed by atoms with Crippen molar-refractivity contribution in [2.45, 2.75) is 91.8 Å². The van der Waals surface area contributed by atoms with Crippen LogP contribution in [-0.4, -0.2) is 42.8 Å². The minimum absolute atomic E-state index is 0.0159. The van der Waals surface area contributed by atoms with Gasteiger partial charge in [0.2, 0.25) is 7.37 Å². The normalized spacial score (nSPS) is 40.9. The molecule has 5 heteroatoms. The zero-order chi connectivity index (χ0) is 17.4. The first kappa shape index (κ1) is 19.4. The van der Waals surface area contributed by atoms with E-state index in [0.29, 0.717) is 12.3 Å². The summed E-state index contributed by atoms with van der Waals surface area (Å²) in [5, 5.41) is 0. The maximum absolute atomic E-state index is 13.1. The van der Waals surface area contributed by atoms with Gasteiger partial charge >= 0.3 is 0 Å². The monoisotopic (exact) mass is 346 g/mol. The highest BCUT2D eigenvalue weighted by atomic mass is 31.2. The molecule has 0 N–H and O–H groups in total. The van der Waals surface area contributed by atoms with E-state index in [0.717, 1.165) is 12.8 Å². The van der Waals surface area contributed by atoms with E-state index in [9.17, 15) is 4.57 Å². The molecule has 0 aliphatic carbocycles. The molecular weight excluding hydrogens is 311 g/mol. The standard InChI is InChI=1S/C18H35O4P/c1-12(2)20-17-16(21-14(5)18(17,6)7)15-9-8-10-23(19,11-15)22-13(3)4/h12-17H,8-11H2,1-7H3/t14-,15?,16?,17+,23?/m0/s1. The van der Waals surface area contributed by atoms with Crippen LogP contribution in [0.1, 0.15) is 61.3 Å². The molecular formula is C18H35O4P. The average molecular weight is 346 g/mol. The fraction of sp³-hybridized carbons (Fsp3) is 1.00. The Morgan fingerprint density at radius 2 is 1.83 bits per heavy atom. The molecule has 0 amide bonds. The van der Waals surface area contributed by atoms with Crippen molar-refractivity contribution in [1.29, 1.82) is 0 Å². The lowest BCUT2D eigenvalue weighted by Crippen LogP contribution is -2.43. The molecule has 2 fully saturated rings. The first-order valence-electron chi connectivity index (χ1n) is 9.12.